The van der Waals surface area contributed by atoms with Gasteiger partial charge in [-0.1, -0.05) is 18.2 Å². The van der Waals surface area contributed by atoms with Gasteiger partial charge in [0, 0.05) is 17.4 Å². The van der Waals surface area contributed by atoms with Gasteiger partial charge in [-0.15, -0.1) is 0 Å². The number of amides is 2. The van der Waals surface area contributed by atoms with E-state index in [2.05, 4.69) is 30.8 Å². The van der Waals surface area contributed by atoms with E-state index < -0.39 is 0 Å². The van der Waals surface area contributed by atoms with Crippen LogP contribution in [0, 0.1) is 5.92 Å². The van der Waals surface area contributed by atoms with Crippen LogP contribution in [0.2, 0.25) is 0 Å². The SMILES string of the molecule is O=C(Nc1ccc(NC(=O)[C@@H]2C[C@H]2c2ncn[nH]2)cn1)c1ccccc1. The van der Waals surface area contributed by atoms with Crippen LogP contribution in [0.1, 0.15) is 28.5 Å². The molecular weight excluding hydrogens is 332 g/mol. The highest BCUT2D eigenvalue weighted by atomic mass is 16.2. The molecule has 2 atom stereocenters. The minimum absolute atomic E-state index is 0.0747. The molecule has 8 nitrogen and oxygen atoms in total. The summed E-state index contributed by atoms with van der Waals surface area (Å²) in [7, 11) is 0. The molecule has 26 heavy (non-hydrogen) atoms. The topological polar surface area (TPSA) is 113 Å². The number of aromatic nitrogens is 4. The maximum atomic E-state index is 12.3. The van der Waals surface area contributed by atoms with E-state index in [1.54, 1.807) is 36.4 Å². The summed E-state index contributed by atoms with van der Waals surface area (Å²) in [5.41, 5.74) is 1.13. The minimum atomic E-state index is -0.234. The van der Waals surface area contributed by atoms with Gasteiger partial charge in [-0.2, -0.15) is 5.10 Å². The number of aromatic amines is 1. The molecule has 2 aromatic heterocycles. The first-order valence-electron chi connectivity index (χ1n) is 8.19. The van der Waals surface area contributed by atoms with Crippen molar-refractivity contribution >= 4 is 23.3 Å². The Morgan fingerprint density at radius 3 is 2.58 bits per heavy atom. The number of carbonyl (C=O) groups excluding carboxylic acids is 2. The van der Waals surface area contributed by atoms with E-state index in [1.165, 1.54) is 12.5 Å². The number of carbonyl (C=O) groups is 2. The van der Waals surface area contributed by atoms with Crippen molar-refractivity contribution in [1.82, 2.24) is 20.2 Å². The van der Waals surface area contributed by atoms with Crippen LogP contribution in [0.4, 0.5) is 11.5 Å². The van der Waals surface area contributed by atoms with E-state index in [4.69, 9.17) is 0 Å². The number of H-pyrrole nitrogens is 1. The van der Waals surface area contributed by atoms with Crippen LogP contribution in [0.15, 0.2) is 55.0 Å². The van der Waals surface area contributed by atoms with Gasteiger partial charge in [0.1, 0.15) is 18.0 Å². The molecule has 0 saturated heterocycles. The number of rotatable bonds is 5. The molecule has 8 heteroatoms. The molecule has 1 aromatic carbocycles. The van der Waals surface area contributed by atoms with Gasteiger partial charge < -0.3 is 10.6 Å². The smallest absolute Gasteiger partial charge is 0.256 e. The third kappa shape index (κ3) is 3.44. The molecule has 2 heterocycles. The Morgan fingerprint density at radius 1 is 1.04 bits per heavy atom. The number of nitrogens with zero attached hydrogens (tertiary/aromatic N) is 3. The molecule has 3 N–H and O–H groups in total. The Balaban J connectivity index is 1.33. The fourth-order valence-corrected chi connectivity index (χ4v) is 2.74. The lowest BCUT2D eigenvalue weighted by Crippen LogP contribution is -2.16. The van der Waals surface area contributed by atoms with Gasteiger partial charge in [-0.05, 0) is 30.7 Å². The van der Waals surface area contributed by atoms with Gasteiger partial charge in [0.2, 0.25) is 5.91 Å². The first-order valence-corrected chi connectivity index (χ1v) is 8.19. The van der Waals surface area contributed by atoms with Crippen molar-refractivity contribution in [1.29, 1.82) is 0 Å². The molecule has 1 aliphatic carbocycles. The summed E-state index contributed by atoms with van der Waals surface area (Å²) in [6.45, 7) is 0. The summed E-state index contributed by atoms with van der Waals surface area (Å²) in [5.74, 6) is 0.831. The van der Waals surface area contributed by atoms with Gasteiger partial charge in [0.05, 0.1) is 11.9 Å². The lowest BCUT2D eigenvalue weighted by molar-refractivity contribution is -0.117. The van der Waals surface area contributed by atoms with Crippen LogP contribution >= 0.6 is 0 Å². The van der Waals surface area contributed by atoms with Crippen molar-refractivity contribution in [3.05, 3.63) is 66.4 Å². The van der Waals surface area contributed by atoms with Crippen molar-refractivity contribution in [2.24, 2.45) is 5.92 Å². The lowest BCUT2D eigenvalue weighted by Gasteiger charge is -2.07. The number of nitrogens with one attached hydrogen (secondary N) is 3. The van der Waals surface area contributed by atoms with Crippen LogP contribution in [0.3, 0.4) is 0 Å². The number of hydrogen-bond donors (Lipinski definition) is 3. The summed E-state index contributed by atoms with van der Waals surface area (Å²) in [6, 6.07) is 12.2. The molecule has 0 aliphatic heterocycles. The zero-order chi connectivity index (χ0) is 17.9. The summed E-state index contributed by atoms with van der Waals surface area (Å²) in [5, 5.41) is 12.1. The van der Waals surface area contributed by atoms with Gasteiger partial charge in [0.25, 0.3) is 5.91 Å². The maximum absolute atomic E-state index is 12.3. The minimum Gasteiger partial charge on any atom is -0.324 e. The Labute approximate surface area is 149 Å². The number of hydrogen-bond acceptors (Lipinski definition) is 5. The number of anilines is 2. The largest absolute Gasteiger partial charge is 0.324 e. The molecule has 1 fully saturated rings. The molecule has 4 rings (SSSR count). The second kappa shape index (κ2) is 6.75. The predicted molar refractivity (Wildman–Crippen MR) is 94.5 cm³/mol. The first-order chi connectivity index (χ1) is 12.7. The van der Waals surface area contributed by atoms with Crippen molar-refractivity contribution in [2.45, 2.75) is 12.3 Å². The number of pyridine rings is 1. The van der Waals surface area contributed by atoms with E-state index in [-0.39, 0.29) is 23.7 Å². The zero-order valence-electron chi connectivity index (χ0n) is 13.7. The van der Waals surface area contributed by atoms with E-state index >= 15 is 0 Å². The average molecular weight is 348 g/mol. The van der Waals surface area contributed by atoms with Gasteiger partial charge >= 0.3 is 0 Å². The van der Waals surface area contributed by atoms with E-state index in [0.29, 0.717) is 17.1 Å². The highest BCUT2D eigenvalue weighted by molar-refractivity contribution is 6.03. The zero-order valence-corrected chi connectivity index (χ0v) is 13.7. The van der Waals surface area contributed by atoms with Crippen LogP contribution in [0.5, 0.6) is 0 Å². The van der Waals surface area contributed by atoms with Gasteiger partial charge in [-0.3, -0.25) is 14.7 Å². The maximum Gasteiger partial charge on any atom is 0.256 e. The van der Waals surface area contributed by atoms with Crippen molar-refractivity contribution in [2.75, 3.05) is 10.6 Å². The monoisotopic (exact) mass is 348 g/mol. The third-order valence-corrected chi connectivity index (χ3v) is 4.22. The molecule has 0 radical (unpaired) electrons. The summed E-state index contributed by atoms with van der Waals surface area (Å²) in [4.78, 5) is 32.6. The average Bonchev–Trinajstić information content (AvgIpc) is 3.29. The normalized spacial score (nSPS) is 18.2. The Kier molecular flexibility index (Phi) is 4.14. The first kappa shape index (κ1) is 15.9. The highest BCUT2D eigenvalue weighted by Crippen LogP contribution is 2.46. The fraction of sp³-hybridized carbons (Fsp3) is 0.167. The molecule has 1 aliphatic rings. The highest BCUT2D eigenvalue weighted by Gasteiger charge is 2.46. The molecule has 0 unspecified atom stereocenters. The predicted octanol–water partition coefficient (Wildman–Crippen LogP) is 2.19. The summed E-state index contributed by atoms with van der Waals surface area (Å²) in [6.07, 6.45) is 3.71. The van der Waals surface area contributed by atoms with E-state index in [0.717, 1.165) is 12.2 Å². The van der Waals surface area contributed by atoms with Crippen LogP contribution in [-0.4, -0.2) is 32.0 Å². The second-order valence-electron chi connectivity index (χ2n) is 6.06. The quantitative estimate of drug-likeness (QED) is 0.654. The lowest BCUT2D eigenvalue weighted by atomic mass is 10.2. The Bertz CT molecular complexity index is 909. The van der Waals surface area contributed by atoms with Crippen molar-refractivity contribution < 1.29 is 9.59 Å². The van der Waals surface area contributed by atoms with E-state index in [9.17, 15) is 9.59 Å². The molecule has 3 aromatic rings. The van der Waals surface area contributed by atoms with Gasteiger partial charge in [-0.25, -0.2) is 9.97 Å². The molecule has 2 amide bonds. The van der Waals surface area contributed by atoms with Gasteiger partial charge in [0.15, 0.2) is 0 Å². The second-order valence-corrected chi connectivity index (χ2v) is 6.06. The van der Waals surface area contributed by atoms with E-state index in [1.807, 2.05) is 6.07 Å². The molecule has 130 valence electrons. The van der Waals surface area contributed by atoms with Crippen molar-refractivity contribution in [3.8, 4) is 0 Å². The molecule has 1 saturated carbocycles. The molecule has 0 spiro atoms. The summed E-state index contributed by atoms with van der Waals surface area (Å²) < 4.78 is 0. The summed E-state index contributed by atoms with van der Waals surface area (Å²) >= 11 is 0. The van der Waals surface area contributed by atoms with Crippen LogP contribution < -0.4 is 10.6 Å². The Hall–Kier alpha value is -3.55. The molecule has 0 bridgehead atoms. The standard InChI is InChI=1S/C18H16N6O2/c25-17(11-4-2-1-3-5-11)23-15-7-6-12(9-19-15)22-18(26)14-8-13(14)16-20-10-21-24-16/h1-7,9-10,13-14H,8H2,(H,22,26)(H,19,23,25)(H,20,21,24)/t13-,14-/m1/s1. The molecular formula is C18H16N6O2. The fourth-order valence-electron chi connectivity index (χ4n) is 2.74. The number of benzene rings is 1. The Morgan fingerprint density at radius 2 is 1.88 bits per heavy atom. The van der Waals surface area contributed by atoms with Crippen molar-refractivity contribution in [3.63, 3.8) is 0 Å². The van der Waals surface area contributed by atoms with Crippen LogP contribution in [0.25, 0.3) is 0 Å². The third-order valence-electron chi connectivity index (χ3n) is 4.22. The van der Waals surface area contributed by atoms with Crippen LogP contribution in [-0.2, 0) is 4.79 Å².